The topological polar surface area (TPSA) is 70.2 Å². The van der Waals surface area contributed by atoms with Gasteiger partial charge in [-0.1, -0.05) is 19.1 Å². The van der Waals surface area contributed by atoms with Gasteiger partial charge in [0.05, 0.1) is 6.54 Å². The fourth-order valence-electron chi connectivity index (χ4n) is 2.13. The van der Waals surface area contributed by atoms with Crippen molar-refractivity contribution in [2.24, 2.45) is 5.92 Å². The van der Waals surface area contributed by atoms with Crippen LogP contribution in [0.1, 0.15) is 38.2 Å². The highest BCUT2D eigenvalue weighted by Gasteiger charge is 2.20. The second-order valence-electron chi connectivity index (χ2n) is 5.85. The quantitative estimate of drug-likeness (QED) is 0.647. The Morgan fingerprint density at radius 2 is 1.83 bits per heavy atom. The van der Waals surface area contributed by atoms with Gasteiger partial charge in [0.1, 0.15) is 0 Å². The molecule has 0 aliphatic heterocycles. The summed E-state index contributed by atoms with van der Waals surface area (Å²) in [6, 6.07) is 7.56. The Kier molecular flexibility index (Phi) is 8.66. The molecule has 1 saturated carbocycles. The predicted octanol–water partition coefficient (Wildman–Crippen LogP) is 2.46. The minimum Gasteiger partial charge on any atom is -0.351 e. The summed E-state index contributed by atoms with van der Waals surface area (Å²) in [5.41, 5.74) is 1.81. The van der Waals surface area contributed by atoms with Crippen molar-refractivity contribution in [2.45, 2.75) is 39.2 Å². The second-order valence-corrected chi connectivity index (χ2v) is 5.85. The summed E-state index contributed by atoms with van der Waals surface area (Å²) in [6.07, 6.45) is 3.95. The van der Waals surface area contributed by atoms with E-state index in [0.29, 0.717) is 19.5 Å². The lowest BCUT2D eigenvalue weighted by Gasteiger charge is -2.08. The predicted molar refractivity (Wildman–Crippen MR) is 94.7 cm³/mol. The molecule has 1 aliphatic carbocycles. The third kappa shape index (κ3) is 8.00. The SMILES string of the molecule is CCCC(=O)Nc1ccc(CNC(=O)CNCC2CC2)cc1.Cl. The highest BCUT2D eigenvalue weighted by atomic mass is 35.5. The van der Waals surface area contributed by atoms with Crippen molar-refractivity contribution in [1.82, 2.24) is 10.6 Å². The minimum absolute atomic E-state index is 0. The van der Waals surface area contributed by atoms with Gasteiger partial charge in [-0.25, -0.2) is 0 Å². The van der Waals surface area contributed by atoms with Crippen LogP contribution in [-0.4, -0.2) is 24.9 Å². The first kappa shape index (κ1) is 19.5. The fourth-order valence-corrected chi connectivity index (χ4v) is 2.13. The number of hydrogen-bond acceptors (Lipinski definition) is 3. The van der Waals surface area contributed by atoms with E-state index >= 15 is 0 Å². The van der Waals surface area contributed by atoms with Gasteiger partial charge in [0.25, 0.3) is 0 Å². The van der Waals surface area contributed by atoms with Crippen molar-refractivity contribution in [3.05, 3.63) is 29.8 Å². The maximum absolute atomic E-state index is 11.7. The number of benzene rings is 1. The summed E-state index contributed by atoms with van der Waals surface area (Å²) < 4.78 is 0. The maximum Gasteiger partial charge on any atom is 0.234 e. The molecule has 1 aliphatic rings. The van der Waals surface area contributed by atoms with Gasteiger partial charge in [-0.05, 0) is 49.4 Å². The van der Waals surface area contributed by atoms with Gasteiger partial charge in [-0.15, -0.1) is 12.4 Å². The van der Waals surface area contributed by atoms with E-state index in [-0.39, 0.29) is 24.2 Å². The Bertz CT molecular complexity index is 501. The van der Waals surface area contributed by atoms with Gasteiger partial charge in [0.2, 0.25) is 11.8 Å². The van der Waals surface area contributed by atoms with Gasteiger partial charge in [0, 0.05) is 18.7 Å². The average molecular weight is 340 g/mol. The molecule has 128 valence electrons. The molecule has 2 rings (SSSR count). The van der Waals surface area contributed by atoms with Gasteiger partial charge in [0.15, 0.2) is 0 Å². The maximum atomic E-state index is 11.7. The first-order valence-corrected chi connectivity index (χ1v) is 8.03. The van der Waals surface area contributed by atoms with Crippen LogP contribution in [0.25, 0.3) is 0 Å². The van der Waals surface area contributed by atoms with Crippen molar-refractivity contribution in [2.75, 3.05) is 18.4 Å². The first-order chi connectivity index (χ1) is 10.7. The fraction of sp³-hybridized carbons (Fsp3) is 0.529. The molecule has 5 nitrogen and oxygen atoms in total. The Morgan fingerprint density at radius 3 is 2.43 bits per heavy atom. The molecule has 6 heteroatoms. The standard InChI is InChI=1S/C17H25N3O2.ClH/c1-2-3-16(21)20-15-8-6-14(7-9-15)11-19-17(22)12-18-10-13-4-5-13;/h6-9,13,18H,2-5,10-12H2,1H3,(H,19,22)(H,20,21);1H. The van der Waals surface area contributed by atoms with E-state index in [1.54, 1.807) is 0 Å². The van der Waals surface area contributed by atoms with Crippen LogP contribution in [0.2, 0.25) is 0 Å². The van der Waals surface area contributed by atoms with E-state index in [4.69, 9.17) is 0 Å². The van der Waals surface area contributed by atoms with E-state index in [2.05, 4.69) is 16.0 Å². The second kappa shape index (κ2) is 10.2. The molecule has 0 spiro atoms. The van der Waals surface area contributed by atoms with E-state index in [9.17, 15) is 9.59 Å². The summed E-state index contributed by atoms with van der Waals surface area (Å²) in [5.74, 6) is 0.828. The van der Waals surface area contributed by atoms with Crippen LogP contribution >= 0.6 is 12.4 Å². The molecule has 23 heavy (non-hydrogen) atoms. The van der Waals surface area contributed by atoms with Crippen LogP contribution in [-0.2, 0) is 16.1 Å². The summed E-state index contributed by atoms with van der Waals surface area (Å²) in [5, 5.41) is 8.89. The zero-order valence-electron chi connectivity index (χ0n) is 13.6. The molecular formula is C17H26ClN3O2. The van der Waals surface area contributed by atoms with E-state index in [1.807, 2.05) is 31.2 Å². The lowest BCUT2D eigenvalue weighted by molar-refractivity contribution is -0.120. The number of rotatable bonds is 9. The zero-order valence-corrected chi connectivity index (χ0v) is 14.4. The van der Waals surface area contributed by atoms with Gasteiger partial charge >= 0.3 is 0 Å². The van der Waals surface area contributed by atoms with Crippen LogP contribution in [0.15, 0.2) is 24.3 Å². The largest absolute Gasteiger partial charge is 0.351 e. The number of anilines is 1. The van der Waals surface area contributed by atoms with Crippen LogP contribution in [0.5, 0.6) is 0 Å². The van der Waals surface area contributed by atoms with Crippen molar-refractivity contribution >= 4 is 29.9 Å². The van der Waals surface area contributed by atoms with Crippen molar-refractivity contribution in [1.29, 1.82) is 0 Å². The Hall–Kier alpha value is -1.59. The monoisotopic (exact) mass is 339 g/mol. The third-order valence-electron chi connectivity index (χ3n) is 3.62. The highest BCUT2D eigenvalue weighted by Crippen LogP contribution is 2.27. The molecule has 0 heterocycles. The number of nitrogens with one attached hydrogen (secondary N) is 3. The van der Waals surface area contributed by atoms with Gasteiger partial charge in [-0.2, -0.15) is 0 Å². The van der Waals surface area contributed by atoms with Crippen molar-refractivity contribution in [3.63, 3.8) is 0 Å². The molecule has 0 bridgehead atoms. The Morgan fingerprint density at radius 1 is 1.13 bits per heavy atom. The van der Waals surface area contributed by atoms with E-state index in [1.165, 1.54) is 12.8 Å². The summed E-state index contributed by atoms with van der Waals surface area (Å²) in [6.45, 7) is 3.80. The van der Waals surface area contributed by atoms with Crippen LogP contribution in [0.4, 0.5) is 5.69 Å². The van der Waals surface area contributed by atoms with E-state index < -0.39 is 0 Å². The van der Waals surface area contributed by atoms with Crippen molar-refractivity contribution < 1.29 is 9.59 Å². The molecule has 1 aromatic carbocycles. The summed E-state index contributed by atoms with van der Waals surface area (Å²) in [4.78, 5) is 23.2. The Balaban J connectivity index is 0.00000264. The molecule has 3 N–H and O–H groups in total. The molecule has 2 amide bonds. The van der Waals surface area contributed by atoms with Gasteiger partial charge < -0.3 is 16.0 Å². The van der Waals surface area contributed by atoms with Crippen LogP contribution in [0, 0.1) is 5.92 Å². The highest BCUT2D eigenvalue weighted by molar-refractivity contribution is 5.90. The summed E-state index contributed by atoms with van der Waals surface area (Å²) in [7, 11) is 0. The van der Waals surface area contributed by atoms with E-state index in [0.717, 1.165) is 30.1 Å². The molecule has 0 radical (unpaired) electrons. The number of hydrogen-bond donors (Lipinski definition) is 3. The lowest BCUT2D eigenvalue weighted by Crippen LogP contribution is -2.34. The Labute approximate surface area is 144 Å². The molecule has 1 fully saturated rings. The average Bonchev–Trinajstić information content (AvgIpc) is 3.31. The number of halogens is 1. The first-order valence-electron chi connectivity index (χ1n) is 8.03. The lowest BCUT2D eigenvalue weighted by atomic mass is 10.2. The minimum atomic E-state index is 0. The zero-order chi connectivity index (χ0) is 15.8. The smallest absolute Gasteiger partial charge is 0.234 e. The number of amides is 2. The molecule has 0 saturated heterocycles. The van der Waals surface area contributed by atoms with Gasteiger partial charge in [-0.3, -0.25) is 9.59 Å². The number of carbonyl (C=O) groups is 2. The third-order valence-corrected chi connectivity index (χ3v) is 3.62. The van der Waals surface area contributed by atoms with Crippen LogP contribution in [0.3, 0.4) is 0 Å². The normalized spacial score (nSPS) is 13.1. The molecule has 0 aromatic heterocycles. The van der Waals surface area contributed by atoms with Crippen molar-refractivity contribution in [3.8, 4) is 0 Å². The molecule has 0 unspecified atom stereocenters. The molecular weight excluding hydrogens is 314 g/mol. The molecule has 1 aromatic rings. The molecule has 0 atom stereocenters. The van der Waals surface area contributed by atoms with Crippen LogP contribution < -0.4 is 16.0 Å². The summed E-state index contributed by atoms with van der Waals surface area (Å²) >= 11 is 0. The number of carbonyl (C=O) groups excluding carboxylic acids is 2.